The molecule has 0 aliphatic carbocycles. The third-order valence-corrected chi connectivity index (χ3v) is 7.62. The number of hydrogen-bond donors (Lipinski definition) is 7. The molecule has 0 unspecified atom stereocenters. The summed E-state index contributed by atoms with van der Waals surface area (Å²) in [5.74, 6) is -0.190. The Balaban J connectivity index is 1.29. The zero-order valence-corrected chi connectivity index (χ0v) is 22.7. The number of ether oxygens (including phenoxy) is 6. The molecule has 0 radical (unpaired) electrons. The summed E-state index contributed by atoms with van der Waals surface area (Å²) in [6, 6.07) is 9.43. The van der Waals surface area contributed by atoms with Crippen molar-refractivity contribution in [1.82, 2.24) is 0 Å². The van der Waals surface area contributed by atoms with Crippen molar-refractivity contribution in [3.05, 3.63) is 47.5 Å². The number of fused-ring (bicyclic) bond motifs is 1. The summed E-state index contributed by atoms with van der Waals surface area (Å²) >= 11 is 0. The predicted octanol–water partition coefficient (Wildman–Crippen LogP) is -0.862. The van der Waals surface area contributed by atoms with E-state index in [0.29, 0.717) is 11.3 Å². The number of hydrogen-bond acceptors (Lipinski definition) is 14. The molecule has 0 spiro atoms. The molecule has 3 aliphatic rings. The number of ketones is 1. The summed E-state index contributed by atoms with van der Waals surface area (Å²) in [4.78, 5) is 12.9. The number of aliphatic hydroxyl groups excluding tert-OH is 6. The van der Waals surface area contributed by atoms with Crippen LogP contribution in [0.4, 0.5) is 0 Å². The molecule has 2 aromatic rings. The highest BCUT2D eigenvalue weighted by molar-refractivity contribution is 6.02. The van der Waals surface area contributed by atoms with Gasteiger partial charge in [0, 0.05) is 12.1 Å². The van der Waals surface area contributed by atoms with Crippen molar-refractivity contribution in [3.63, 3.8) is 0 Å². The number of aliphatic hydroxyl groups is 6. The van der Waals surface area contributed by atoms with Crippen LogP contribution in [-0.4, -0.2) is 117 Å². The third kappa shape index (κ3) is 5.90. The van der Waals surface area contributed by atoms with Gasteiger partial charge in [-0.25, -0.2) is 0 Å². The van der Waals surface area contributed by atoms with Gasteiger partial charge in [0.05, 0.1) is 26.2 Å². The summed E-state index contributed by atoms with van der Waals surface area (Å²) in [6.07, 6.45) is -15.4. The lowest BCUT2D eigenvalue weighted by atomic mass is 9.95. The molecule has 0 aromatic heterocycles. The molecule has 0 amide bonds. The molecule has 2 fully saturated rings. The molecule has 7 N–H and O–H groups in total. The summed E-state index contributed by atoms with van der Waals surface area (Å²) in [6.45, 7) is 0.995. The Morgan fingerprint density at radius 3 is 2.19 bits per heavy atom. The maximum absolute atomic E-state index is 12.9. The molecule has 0 saturated carbocycles. The fraction of sp³-hybridized carbons (Fsp3) is 0.536. The van der Waals surface area contributed by atoms with E-state index in [1.807, 2.05) is 0 Å². The number of phenols is 1. The van der Waals surface area contributed by atoms with Crippen LogP contribution in [0.2, 0.25) is 0 Å². The summed E-state index contributed by atoms with van der Waals surface area (Å²) in [5.41, 5.74) is 0.668. The van der Waals surface area contributed by atoms with Gasteiger partial charge in [0.1, 0.15) is 77.4 Å². The van der Waals surface area contributed by atoms with Crippen molar-refractivity contribution in [1.29, 1.82) is 0 Å². The van der Waals surface area contributed by atoms with Gasteiger partial charge < -0.3 is 64.2 Å². The van der Waals surface area contributed by atoms with Crippen molar-refractivity contribution in [2.24, 2.45) is 0 Å². The van der Waals surface area contributed by atoms with E-state index in [1.54, 1.807) is 24.3 Å². The fourth-order valence-corrected chi connectivity index (χ4v) is 5.11. The minimum atomic E-state index is -1.75. The highest BCUT2D eigenvalue weighted by Crippen LogP contribution is 2.42. The van der Waals surface area contributed by atoms with Crippen molar-refractivity contribution in [3.8, 4) is 23.0 Å². The Bertz CT molecular complexity index is 1250. The van der Waals surface area contributed by atoms with E-state index in [1.165, 1.54) is 20.1 Å². The van der Waals surface area contributed by atoms with Crippen LogP contribution in [-0.2, 0) is 14.2 Å². The molecule has 11 atom stereocenters. The molecule has 2 saturated heterocycles. The van der Waals surface area contributed by atoms with Gasteiger partial charge >= 0.3 is 0 Å². The van der Waals surface area contributed by atoms with Crippen LogP contribution in [0.3, 0.4) is 0 Å². The molecule has 230 valence electrons. The quantitative estimate of drug-likeness (QED) is 0.208. The average Bonchev–Trinajstić information content (AvgIpc) is 2.97. The van der Waals surface area contributed by atoms with Crippen LogP contribution in [0, 0.1) is 0 Å². The number of aromatic hydroxyl groups is 1. The minimum Gasteiger partial charge on any atom is -0.507 e. The molecule has 42 heavy (non-hydrogen) atoms. The molecule has 2 aromatic carbocycles. The molecule has 3 heterocycles. The predicted molar refractivity (Wildman–Crippen MR) is 139 cm³/mol. The molecule has 14 heteroatoms. The average molecular weight is 595 g/mol. The number of Topliss-reactive ketones (excluding diaryl/α,β-unsaturated/α-hetero) is 1. The van der Waals surface area contributed by atoms with Crippen LogP contribution in [0.5, 0.6) is 23.0 Å². The molecule has 0 bridgehead atoms. The maximum atomic E-state index is 12.9. The first-order valence-corrected chi connectivity index (χ1v) is 13.4. The highest BCUT2D eigenvalue weighted by Gasteiger charge is 2.47. The van der Waals surface area contributed by atoms with Gasteiger partial charge in [-0.15, -0.1) is 0 Å². The Kier molecular flexibility index (Phi) is 8.89. The Morgan fingerprint density at radius 2 is 1.50 bits per heavy atom. The lowest BCUT2D eigenvalue weighted by Crippen LogP contribution is -2.61. The van der Waals surface area contributed by atoms with Crippen molar-refractivity contribution in [2.45, 2.75) is 80.9 Å². The second-order valence-corrected chi connectivity index (χ2v) is 10.5. The van der Waals surface area contributed by atoms with E-state index in [2.05, 4.69) is 0 Å². The van der Waals surface area contributed by atoms with E-state index >= 15 is 0 Å². The number of benzene rings is 2. The number of phenolic OH excluding ortho intramolecular Hbond substituents is 1. The lowest BCUT2D eigenvalue weighted by molar-refractivity contribution is -0.318. The van der Waals surface area contributed by atoms with Crippen molar-refractivity contribution < 1.29 is 69.0 Å². The van der Waals surface area contributed by atoms with Crippen molar-refractivity contribution >= 4 is 5.78 Å². The van der Waals surface area contributed by atoms with Gasteiger partial charge in [-0.2, -0.15) is 0 Å². The Hall–Kier alpha value is -3.05. The molecular formula is C28H34O14. The number of carbonyl (C=O) groups is 1. The topological polar surface area (TPSA) is 214 Å². The van der Waals surface area contributed by atoms with Crippen LogP contribution in [0.25, 0.3) is 0 Å². The number of carbonyl (C=O) groups excluding carboxylic acids is 1. The van der Waals surface area contributed by atoms with Gasteiger partial charge in [-0.05, 0) is 24.6 Å². The van der Waals surface area contributed by atoms with Crippen LogP contribution in [0.1, 0.15) is 35.4 Å². The third-order valence-electron chi connectivity index (χ3n) is 7.62. The van der Waals surface area contributed by atoms with Crippen LogP contribution in [0.15, 0.2) is 36.4 Å². The van der Waals surface area contributed by atoms with Gasteiger partial charge in [0.15, 0.2) is 12.1 Å². The fourth-order valence-electron chi connectivity index (χ4n) is 5.11. The van der Waals surface area contributed by atoms with Crippen molar-refractivity contribution in [2.75, 3.05) is 13.7 Å². The second kappa shape index (κ2) is 12.3. The van der Waals surface area contributed by atoms with E-state index < -0.39 is 79.9 Å². The van der Waals surface area contributed by atoms with Gasteiger partial charge in [-0.3, -0.25) is 4.79 Å². The zero-order valence-electron chi connectivity index (χ0n) is 22.7. The number of methoxy groups -OCH3 is 1. The SMILES string of the molecule is COc1ccc([C@@H]2CC(=O)c3c(O)cc(O[C@@H]4O[C@H](CO[C@@H]5O[C@H](C)[C@H](O)[C@@H](O)[C@@H]5O)[C@@H](O)[C@@H](O)[C@@H]4O)cc3O2)cc1. The Labute approximate surface area is 240 Å². The normalized spacial score (nSPS) is 36.6. The second-order valence-electron chi connectivity index (χ2n) is 10.5. The Morgan fingerprint density at radius 1 is 0.833 bits per heavy atom. The first kappa shape index (κ1) is 30.4. The standard InChI is InChI=1S/C28H34O14/c1-11-21(31)23(33)25(35)27(39-11)38-10-19-22(32)24(34)26(36)28(42-19)40-14-7-15(29)20-16(30)9-17(41-18(20)8-14)12-3-5-13(37-2)6-4-12/h3-8,11,17,19,21-29,31-36H,9-10H2,1-2H3/t11-,17+,19-,21+,22-,23-,24-,25+,26+,27-,28-/m1/s1. The minimum absolute atomic E-state index is 0.0164. The highest BCUT2D eigenvalue weighted by atomic mass is 16.7. The smallest absolute Gasteiger partial charge is 0.229 e. The van der Waals surface area contributed by atoms with Gasteiger partial charge in [0.25, 0.3) is 0 Å². The van der Waals surface area contributed by atoms with Gasteiger partial charge in [-0.1, -0.05) is 12.1 Å². The zero-order chi connectivity index (χ0) is 30.3. The first-order chi connectivity index (χ1) is 20.0. The summed E-state index contributed by atoms with van der Waals surface area (Å²) < 4.78 is 33.4. The molecule has 5 rings (SSSR count). The van der Waals surface area contributed by atoms with E-state index in [0.717, 1.165) is 6.07 Å². The van der Waals surface area contributed by atoms with E-state index in [-0.39, 0.29) is 29.3 Å². The monoisotopic (exact) mass is 594 g/mol. The first-order valence-electron chi connectivity index (χ1n) is 13.4. The van der Waals surface area contributed by atoms with E-state index in [4.69, 9.17) is 28.4 Å². The molecule has 3 aliphatic heterocycles. The molecular weight excluding hydrogens is 560 g/mol. The maximum Gasteiger partial charge on any atom is 0.229 e. The molecule has 14 nitrogen and oxygen atoms in total. The lowest BCUT2D eigenvalue weighted by Gasteiger charge is -2.42. The van der Waals surface area contributed by atoms with Gasteiger partial charge in [0.2, 0.25) is 6.29 Å². The summed E-state index contributed by atoms with van der Waals surface area (Å²) in [7, 11) is 1.53. The van der Waals surface area contributed by atoms with Crippen LogP contribution >= 0.6 is 0 Å². The number of rotatable bonds is 7. The van der Waals surface area contributed by atoms with E-state index in [9.17, 15) is 40.5 Å². The van der Waals surface area contributed by atoms with Crippen LogP contribution < -0.4 is 14.2 Å². The largest absolute Gasteiger partial charge is 0.507 e. The summed E-state index contributed by atoms with van der Waals surface area (Å²) in [5, 5.41) is 72.1.